The molecule has 110 valence electrons. The topological polar surface area (TPSA) is 44.4 Å². The van der Waals surface area contributed by atoms with Gasteiger partial charge in [-0.1, -0.05) is 12.8 Å². The molecule has 3 unspecified atom stereocenters. The van der Waals surface area contributed by atoms with Crippen LogP contribution in [0, 0.1) is 0 Å². The van der Waals surface area contributed by atoms with Gasteiger partial charge in [0.05, 0.1) is 6.04 Å². The third-order valence-corrected chi connectivity index (χ3v) is 5.58. The monoisotopic (exact) mass is 285 g/mol. The highest BCUT2D eigenvalue weighted by atomic mass is 32.2. The van der Waals surface area contributed by atoms with Crippen LogP contribution in [0.5, 0.6) is 0 Å². The van der Waals surface area contributed by atoms with Crippen molar-refractivity contribution in [2.24, 2.45) is 0 Å². The zero-order valence-electron chi connectivity index (χ0n) is 12.2. The Balaban J connectivity index is 1.84. The van der Waals surface area contributed by atoms with Gasteiger partial charge in [-0.15, -0.1) is 0 Å². The van der Waals surface area contributed by atoms with E-state index < -0.39 is 0 Å². The Morgan fingerprint density at radius 2 is 2.00 bits per heavy atom. The van der Waals surface area contributed by atoms with E-state index in [1.54, 1.807) is 0 Å². The summed E-state index contributed by atoms with van der Waals surface area (Å²) in [7, 11) is 0. The first-order chi connectivity index (χ1) is 9.22. The van der Waals surface area contributed by atoms with Crippen LogP contribution in [0.3, 0.4) is 0 Å². The summed E-state index contributed by atoms with van der Waals surface area (Å²) < 4.78 is 0. The fraction of sp³-hybridized carbons (Fsp3) is 0.929. The minimum absolute atomic E-state index is 0.00605. The highest BCUT2D eigenvalue weighted by Gasteiger charge is 2.29. The van der Waals surface area contributed by atoms with Crippen molar-refractivity contribution in [2.45, 2.75) is 49.9 Å². The SMILES string of the molecule is CSC1CCCCC1NC(=O)C(C)N1CCNCC1. The lowest BCUT2D eigenvalue weighted by Crippen LogP contribution is -2.55. The Kier molecular flexibility index (Phi) is 5.98. The van der Waals surface area contributed by atoms with E-state index in [2.05, 4.69) is 21.8 Å². The molecule has 4 nitrogen and oxygen atoms in total. The number of amides is 1. The molecule has 1 saturated heterocycles. The van der Waals surface area contributed by atoms with Gasteiger partial charge in [-0.2, -0.15) is 11.8 Å². The summed E-state index contributed by atoms with van der Waals surface area (Å²) in [6.45, 7) is 5.98. The van der Waals surface area contributed by atoms with Gasteiger partial charge in [-0.25, -0.2) is 0 Å². The molecule has 1 amide bonds. The molecule has 0 bridgehead atoms. The molecule has 5 heteroatoms. The van der Waals surface area contributed by atoms with Crippen LogP contribution in [0.25, 0.3) is 0 Å². The molecule has 1 heterocycles. The Labute approximate surface area is 121 Å². The van der Waals surface area contributed by atoms with E-state index in [0.717, 1.165) is 32.6 Å². The van der Waals surface area contributed by atoms with Gasteiger partial charge >= 0.3 is 0 Å². The molecular formula is C14H27N3OS. The first-order valence-electron chi connectivity index (χ1n) is 7.50. The molecule has 1 aliphatic heterocycles. The third kappa shape index (κ3) is 4.10. The number of nitrogens with zero attached hydrogens (tertiary/aromatic N) is 1. The smallest absolute Gasteiger partial charge is 0.237 e. The molecule has 1 aliphatic carbocycles. The van der Waals surface area contributed by atoms with Crippen LogP contribution in [0.1, 0.15) is 32.6 Å². The van der Waals surface area contributed by atoms with Crippen LogP contribution in [0.15, 0.2) is 0 Å². The lowest BCUT2D eigenvalue weighted by molar-refractivity contribution is -0.127. The Morgan fingerprint density at radius 1 is 1.32 bits per heavy atom. The van der Waals surface area contributed by atoms with Gasteiger partial charge in [0.15, 0.2) is 0 Å². The largest absolute Gasteiger partial charge is 0.351 e. The maximum absolute atomic E-state index is 12.4. The Bertz CT molecular complexity index is 294. The van der Waals surface area contributed by atoms with E-state index in [1.165, 1.54) is 19.3 Å². The molecule has 0 radical (unpaired) electrons. The second kappa shape index (κ2) is 7.50. The summed E-state index contributed by atoms with van der Waals surface area (Å²) >= 11 is 1.90. The number of carbonyl (C=O) groups is 1. The lowest BCUT2D eigenvalue weighted by atomic mass is 9.94. The van der Waals surface area contributed by atoms with E-state index in [0.29, 0.717) is 11.3 Å². The highest BCUT2D eigenvalue weighted by molar-refractivity contribution is 7.99. The zero-order chi connectivity index (χ0) is 13.7. The first kappa shape index (κ1) is 15.1. The number of hydrogen-bond acceptors (Lipinski definition) is 4. The standard InChI is InChI=1S/C14H27N3OS/c1-11(17-9-7-15-8-10-17)14(18)16-12-5-3-4-6-13(12)19-2/h11-13,15H,3-10H2,1-2H3,(H,16,18). The number of rotatable bonds is 4. The predicted octanol–water partition coefficient (Wildman–Crippen LogP) is 1.07. The van der Waals surface area contributed by atoms with E-state index in [9.17, 15) is 4.79 Å². The van der Waals surface area contributed by atoms with Crippen molar-refractivity contribution >= 4 is 17.7 Å². The minimum Gasteiger partial charge on any atom is -0.351 e. The lowest BCUT2D eigenvalue weighted by Gasteiger charge is -2.35. The van der Waals surface area contributed by atoms with Gasteiger partial charge in [0.25, 0.3) is 0 Å². The van der Waals surface area contributed by atoms with Crippen molar-refractivity contribution < 1.29 is 4.79 Å². The normalized spacial score (nSPS) is 30.8. The van der Waals surface area contributed by atoms with E-state index >= 15 is 0 Å². The van der Waals surface area contributed by atoms with Crippen LogP contribution in [0.2, 0.25) is 0 Å². The first-order valence-corrected chi connectivity index (χ1v) is 8.79. The van der Waals surface area contributed by atoms with Gasteiger partial charge < -0.3 is 10.6 Å². The summed E-state index contributed by atoms with van der Waals surface area (Å²) in [5.41, 5.74) is 0. The van der Waals surface area contributed by atoms with Crippen molar-refractivity contribution in [3.8, 4) is 0 Å². The summed E-state index contributed by atoms with van der Waals surface area (Å²) in [6, 6.07) is 0.383. The summed E-state index contributed by atoms with van der Waals surface area (Å²) in [4.78, 5) is 14.7. The number of thioether (sulfide) groups is 1. The molecule has 1 saturated carbocycles. The predicted molar refractivity (Wildman–Crippen MR) is 81.6 cm³/mol. The number of piperazine rings is 1. The molecule has 0 aromatic rings. The highest BCUT2D eigenvalue weighted by Crippen LogP contribution is 2.27. The van der Waals surface area contributed by atoms with Crippen LogP contribution in [0.4, 0.5) is 0 Å². The van der Waals surface area contributed by atoms with Crippen LogP contribution in [-0.4, -0.2) is 60.6 Å². The van der Waals surface area contributed by atoms with Gasteiger partial charge in [0.1, 0.15) is 0 Å². The summed E-state index contributed by atoms with van der Waals surface area (Å²) in [5.74, 6) is 0.216. The molecule has 0 aromatic carbocycles. The van der Waals surface area contributed by atoms with Crippen molar-refractivity contribution in [3.63, 3.8) is 0 Å². The molecule has 0 aromatic heterocycles. The van der Waals surface area contributed by atoms with Crippen molar-refractivity contribution in [3.05, 3.63) is 0 Å². The van der Waals surface area contributed by atoms with Gasteiger partial charge in [-0.3, -0.25) is 9.69 Å². The van der Waals surface area contributed by atoms with Crippen LogP contribution >= 0.6 is 11.8 Å². The number of hydrogen-bond donors (Lipinski definition) is 2. The Morgan fingerprint density at radius 3 is 2.68 bits per heavy atom. The zero-order valence-corrected chi connectivity index (χ0v) is 13.0. The maximum atomic E-state index is 12.4. The van der Waals surface area contributed by atoms with Gasteiger partial charge in [-0.05, 0) is 26.0 Å². The number of nitrogens with one attached hydrogen (secondary N) is 2. The Hall–Kier alpha value is -0.260. The second-order valence-corrected chi connectivity index (χ2v) is 6.71. The summed E-state index contributed by atoms with van der Waals surface area (Å²) in [5, 5.41) is 7.23. The molecule has 2 N–H and O–H groups in total. The fourth-order valence-electron chi connectivity index (χ4n) is 3.08. The quantitative estimate of drug-likeness (QED) is 0.811. The van der Waals surface area contributed by atoms with Crippen LogP contribution < -0.4 is 10.6 Å². The maximum Gasteiger partial charge on any atom is 0.237 e. The van der Waals surface area contributed by atoms with Gasteiger partial charge in [0, 0.05) is 37.5 Å². The molecular weight excluding hydrogens is 258 g/mol. The number of carbonyl (C=O) groups excluding carboxylic acids is 1. The molecule has 19 heavy (non-hydrogen) atoms. The fourth-order valence-corrected chi connectivity index (χ4v) is 4.02. The average Bonchev–Trinajstić information content (AvgIpc) is 2.48. The second-order valence-electron chi connectivity index (χ2n) is 5.64. The van der Waals surface area contributed by atoms with Crippen molar-refractivity contribution in [1.82, 2.24) is 15.5 Å². The third-order valence-electron chi connectivity index (χ3n) is 4.41. The van der Waals surface area contributed by atoms with Crippen LogP contribution in [-0.2, 0) is 4.79 Å². The van der Waals surface area contributed by atoms with E-state index in [-0.39, 0.29) is 11.9 Å². The van der Waals surface area contributed by atoms with E-state index in [1.807, 2.05) is 18.7 Å². The molecule has 2 rings (SSSR count). The minimum atomic E-state index is 0.00605. The van der Waals surface area contributed by atoms with Gasteiger partial charge in [0.2, 0.25) is 5.91 Å². The molecule has 3 atom stereocenters. The van der Waals surface area contributed by atoms with Crippen molar-refractivity contribution in [1.29, 1.82) is 0 Å². The summed E-state index contributed by atoms with van der Waals surface area (Å²) in [6.07, 6.45) is 7.11. The van der Waals surface area contributed by atoms with Crippen molar-refractivity contribution in [2.75, 3.05) is 32.4 Å². The van der Waals surface area contributed by atoms with E-state index in [4.69, 9.17) is 0 Å². The molecule has 2 aliphatic rings. The average molecular weight is 285 g/mol. The molecule has 0 spiro atoms. The molecule has 2 fully saturated rings.